The predicted molar refractivity (Wildman–Crippen MR) is 155 cm³/mol. The second kappa shape index (κ2) is 12.0. The van der Waals surface area contributed by atoms with Gasteiger partial charge in [-0.15, -0.1) is 0 Å². The molecule has 2 fully saturated rings. The number of carbonyl (C=O) groups is 1. The zero-order valence-corrected chi connectivity index (χ0v) is 23.9. The molecule has 4 nitrogen and oxygen atoms in total. The number of hydrogen-bond acceptors (Lipinski definition) is 2. The molecule has 4 heteroatoms. The number of aryl methyl sites for hydroxylation is 1. The number of benzene rings is 2. The molecule has 0 aliphatic carbocycles. The number of piperidine rings is 2. The van der Waals surface area contributed by atoms with E-state index in [9.17, 15) is 4.79 Å². The summed E-state index contributed by atoms with van der Waals surface area (Å²) in [5, 5.41) is 3.26. The fourth-order valence-corrected chi connectivity index (χ4v) is 7.43. The Morgan fingerprint density at radius 3 is 2.14 bits per heavy atom. The standard InChI is InChI=1S/C33H49N3O/c1-32(2,3)30-29(35-23-19-28(20-24-35)27-17-10-7-11-18-27)21-25-36(33(30,4)5)31(37)34-22-13-12-16-26-14-8-6-9-15-26/h6-11,14-15,17-18,28-30H,12-13,16,19-25H2,1-5H3,(H,34,37). The van der Waals surface area contributed by atoms with Gasteiger partial charge < -0.3 is 10.2 Å². The molecule has 0 bridgehead atoms. The molecule has 2 atom stereocenters. The van der Waals surface area contributed by atoms with E-state index >= 15 is 0 Å². The van der Waals surface area contributed by atoms with E-state index in [0.29, 0.717) is 17.9 Å². The summed E-state index contributed by atoms with van der Waals surface area (Å²) in [5.41, 5.74) is 2.77. The Balaban J connectivity index is 1.34. The molecule has 4 rings (SSSR count). The van der Waals surface area contributed by atoms with Gasteiger partial charge in [0.25, 0.3) is 0 Å². The van der Waals surface area contributed by atoms with Crippen molar-refractivity contribution >= 4 is 6.03 Å². The number of rotatable bonds is 7. The molecule has 202 valence electrons. The Hall–Kier alpha value is -2.33. The van der Waals surface area contributed by atoms with E-state index in [1.54, 1.807) is 0 Å². The average Bonchev–Trinajstić information content (AvgIpc) is 2.88. The normalized spacial score (nSPS) is 23.1. The lowest BCUT2D eigenvalue weighted by molar-refractivity contribution is -0.0695. The van der Waals surface area contributed by atoms with Crippen LogP contribution in [0.1, 0.15) is 83.8 Å². The van der Waals surface area contributed by atoms with Crippen LogP contribution in [0.25, 0.3) is 0 Å². The lowest BCUT2D eigenvalue weighted by atomic mass is 9.62. The third-order valence-electron chi connectivity index (χ3n) is 8.95. The molecule has 2 aromatic carbocycles. The van der Waals surface area contributed by atoms with Crippen molar-refractivity contribution in [2.75, 3.05) is 26.2 Å². The van der Waals surface area contributed by atoms with Gasteiger partial charge in [-0.1, -0.05) is 81.4 Å². The summed E-state index contributed by atoms with van der Waals surface area (Å²) >= 11 is 0. The van der Waals surface area contributed by atoms with Crippen LogP contribution < -0.4 is 5.32 Å². The molecular formula is C33H49N3O. The van der Waals surface area contributed by atoms with Crippen LogP contribution >= 0.6 is 0 Å². The third-order valence-corrected chi connectivity index (χ3v) is 8.95. The van der Waals surface area contributed by atoms with Crippen molar-refractivity contribution in [3.05, 3.63) is 71.8 Å². The Kier molecular flexibility index (Phi) is 9.00. The lowest BCUT2D eigenvalue weighted by Crippen LogP contribution is -2.68. The third kappa shape index (κ3) is 6.76. The van der Waals surface area contributed by atoms with Gasteiger partial charge in [-0.05, 0) is 87.9 Å². The summed E-state index contributed by atoms with van der Waals surface area (Å²) in [4.78, 5) is 18.3. The number of nitrogens with one attached hydrogen (secondary N) is 1. The van der Waals surface area contributed by atoms with Crippen LogP contribution in [-0.2, 0) is 6.42 Å². The van der Waals surface area contributed by atoms with E-state index in [2.05, 4.69) is 110 Å². The van der Waals surface area contributed by atoms with Gasteiger partial charge in [0.2, 0.25) is 0 Å². The molecule has 1 N–H and O–H groups in total. The van der Waals surface area contributed by atoms with Crippen molar-refractivity contribution < 1.29 is 4.79 Å². The summed E-state index contributed by atoms with van der Waals surface area (Å²) in [6.07, 6.45) is 6.69. The van der Waals surface area contributed by atoms with Crippen molar-refractivity contribution in [2.45, 2.75) is 90.6 Å². The summed E-state index contributed by atoms with van der Waals surface area (Å²) in [6, 6.07) is 22.3. The number of likely N-dealkylation sites (tertiary alicyclic amines) is 2. The van der Waals surface area contributed by atoms with Crippen molar-refractivity contribution in [3.63, 3.8) is 0 Å². The minimum absolute atomic E-state index is 0.110. The van der Waals surface area contributed by atoms with E-state index in [1.165, 1.54) is 24.0 Å². The largest absolute Gasteiger partial charge is 0.338 e. The first-order valence-corrected chi connectivity index (χ1v) is 14.6. The first-order valence-electron chi connectivity index (χ1n) is 14.6. The van der Waals surface area contributed by atoms with Gasteiger partial charge in [-0.2, -0.15) is 0 Å². The minimum atomic E-state index is -0.203. The Morgan fingerprint density at radius 2 is 1.51 bits per heavy atom. The molecule has 0 radical (unpaired) electrons. The molecule has 2 aliphatic heterocycles. The highest BCUT2D eigenvalue weighted by Gasteiger charge is 2.52. The first kappa shape index (κ1) is 27.7. The number of urea groups is 1. The Morgan fingerprint density at radius 1 is 0.892 bits per heavy atom. The van der Waals surface area contributed by atoms with Gasteiger partial charge >= 0.3 is 6.03 Å². The summed E-state index contributed by atoms with van der Waals surface area (Å²) < 4.78 is 0. The van der Waals surface area contributed by atoms with Gasteiger partial charge in [0, 0.05) is 30.6 Å². The van der Waals surface area contributed by atoms with Gasteiger partial charge in [0.05, 0.1) is 0 Å². The van der Waals surface area contributed by atoms with Gasteiger partial charge in [-0.3, -0.25) is 4.90 Å². The second-order valence-electron chi connectivity index (χ2n) is 12.9. The average molecular weight is 504 g/mol. The maximum atomic E-state index is 13.4. The van der Waals surface area contributed by atoms with Crippen LogP contribution in [0.4, 0.5) is 4.79 Å². The van der Waals surface area contributed by atoms with E-state index in [-0.39, 0.29) is 17.0 Å². The summed E-state index contributed by atoms with van der Waals surface area (Å²) in [6.45, 7) is 15.6. The van der Waals surface area contributed by atoms with Crippen LogP contribution in [0, 0.1) is 11.3 Å². The second-order valence-corrected chi connectivity index (χ2v) is 12.9. The fourth-order valence-electron chi connectivity index (χ4n) is 7.43. The predicted octanol–water partition coefficient (Wildman–Crippen LogP) is 7.11. The first-order chi connectivity index (χ1) is 17.7. The van der Waals surface area contributed by atoms with Crippen LogP contribution in [0.2, 0.25) is 0 Å². The molecule has 2 aliphatic rings. The van der Waals surface area contributed by atoms with Crippen LogP contribution in [-0.4, -0.2) is 53.6 Å². The van der Waals surface area contributed by atoms with Crippen LogP contribution in [0.15, 0.2) is 60.7 Å². The number of unbranched alkanes of at least 4 members (excludes halogenated alkanes) is 1. The zero-order chi connectivity index (χ0) is 26.5. The topological polar surface area (TPSA) is 35.6 Å². The fraction of sp³-hybridized carbons (Fsp3) is 0.606. The van der Waals surface area contributed by atoms with Gasteiger partial charge in [-0.25, -0.2) is 4.79 Å². The Labute approximate surface area is 225 Å². The van der Waals surface area contributed by atoms with Crippen molar-refractivity contribution in [2.24, 2.45) is 11.3 Å². The maximum absolute atomic E-state index is 13.4. The highest BCUT2D eigenvalue weighted by Crippen LogP contribution is 2.47. The van der Waals surface area contributed by atoms with Crippen LogP contribution in [0.5, 0.6) is 0 Å². The zero-order valence-electron chi connectivity index (χ0n) is 23.9. The SMILES string of the molecule is CC(C)(C)C1C(N2CCC(c3ccccc3)CC2)CCN(C(=O)NCCCCc2ccccc2)C1(C)C. The summed E-state index contributed by atoms with van der Waals surface area (Å²) in [7, 11) is 0. The number of nitrogens with zero attached hydrogens (tertiary/aromatic N) is 2. The number of carbonyl (C=O) groups excluding carboxylic acids is 1. The Bertz CT molecular complexity index is 974. The van der Waals surface area contributed by atoms with Gasteiger partial charge in [0.15, 0.2) is 0 Å². The van der Waals surface area contributed by atoms with E-state index in [4.69, 9.17) is 0 Å². The smallest absolute Gasteiger partial charge is 0.317 e. The quantitative estimate of drug-likeness (QED) is 0.409. The van der Waals surface area contributed by atoms with Crippen LogP contribution in [0.3, 0.4) is 0 Å². The molecule has 2 saturated heterocycles. The molecule has 37 heavy (non-hydrogen) atoms. The molecule has 2 aromatic rings. The summed E-state index contributed by atoms with van der Waals surface area (Å²) in [5.74, 6) is 1.08. The van der Waals surface area contributed by atoms with E-state index in [1.807, 2.05) is 0 Å². The van der Waals surface area contributed by atoms with Crippen molar-refractivity contribution in [1.82, 2.24) is 15.1 Å². The molecule has 0 spiro atoms. The number of amides is 2. The van der Waals surface area contributed by atoms with E-state index < -0.39 is 0 Å². The number of hydrogen-bond donors (Lipinski definition) is 1. The minimum Gasteiger partial charge on any atom is -0.338 e. The molecule has 2 heterocycles. The molecular weight excluding hydrogens is 454 g/mol. The highest BCUT2D eigenvalue weighted by atomic mass is 16.2. The van der Waals surface area contributed by atoms with Crippen molar-refractivity contribution in [1.29, 1.82) is 0 Å². The maximum Gasteiger partial charge on any atom is 0.317 e. The highest BCUT2D eigenvalue weighted by molar-refractivity contribution is 5.75. The molecule has 2 amide bonds. The molecule has 0 aromatic heterocycles. The molecule has 0 saturated carbocycles. The monoisotopic (exact) mass is 503 g/mol. The lowest BCUT2D eigenvalue weighted by Gasteiger charge is -2.58. The van der Waals surface area contributed by atoms with Crippen molar-refractivity contribution in [3.8, 4) is 0 Å². The van der Waals surface area contributed by atoms with Gasteiger partial charge in [0.1, 0.15) is 0 Å². The molecule has 2 unspecified atom stereocenters. The van der Waals surface area contributed by atoms with E-state index in [0.717, 1.165) is 51.9 Å².